The van der Waals surface area contributed by atoms with Crippen LogP contribution in [0.4, 0.5) is 0 Å². The largest absolute Gasteiger partial charge is 0.478 e. The van der Waals surface area contributed by atoms with Crippen LogP contribution in [0, 0.1) is 5.92 Å². The molecule has 0 radical (unpaired) electrons. The molecule has 0 aliphatic carbocycles. The fourth-order valence-electron chi connectivity index (χ4n) is 1.09. The average Bonchev–Trinajstić information content (AvgIpc) is 1.84. The van der Waals surface area contributed by atoms with Gasteiger partial charge in [-0.15, -0.1) is 0 Å². The predicted octanol–water partition coefficient (Wildman–Crippen LogP) is 1.39. The summed E-state index contributed by atoms with van der Waals surface area (Å²) in [4.78, 5) is 10.4. The lowest BCUT2D eigenvalue weighted by Crippen LogP contribution is -2.24. The van der Waals surface area contributed by atoms with Crippen molar-refractivity contribution in [1.29, 1.82) is 0 Å². The van der Waals surface area contributed by atoms with Gasteiger partial charge in [0.2, 0.25) is 0 Å². The number of rotatable bonds is 5. The molecule has 0 aliphatic heterocycles. The van der Waals surface area contributed by atoms with Crippen molar-refractivity contribution in [3.63, 3.8) is 0 Å². The Bertz CT molecular complexity index is 175. The van der Waals surface area contributed by atoms with E-state index in [0.717, 1.165) is 6.42 Å². The molecule has 0 fully saturated rings. The number of aliphatic carboxylic acids is 1. The summed E-state index contributed by atoms with van der Waals surface area (Å²) >= 11 is 0. The van der Waals surface area contributed by atoms with Gasteiger partial charge in [0.05, 0.1) is 0 Å². The third-order valence-electron chi connectivity index (χ3n) is 1.59. The zero-order chi connectivity index (χ0) is 9.72. The first-order valence-corrected chi connectivity index (χ1v) is 4.10. The Labute approximate surface area is 73.3 Å². The lowest BCUT2D eigenvalue weighted by Gasteiger charge is -2.13. The van der Waals surface area contributed by atoms with Gasteiger partial charge in [-0.3, -0.25) is 0 Å². The van der Waals surface area contributed by atoms with E-state index in [1.54, 1.807) is 0 Å². The standard InChI is InChI=1S/C9H17NO2/c1-6(2)4-8(10)5-7(3)9(11)12/h6,8H,3-5,10H2,1-2H3,(H,11,12). The quantitative estimate of drug-likeness (QED) is 0.614. The van der Waals surface area contributed by atoms with Crippen LogP contribution in [0.1, 0.15) is 26.7 Å². The van der Waals surface area contributed by atoms with Crippen LogP contribution < -0.4 is 5.73 Å². The van der Waals surface area contributed by atoms with Crippen LogP contribution in [-0.2, 0) is 4.79 Å². The smallest absolute Gasteiger partial charge is 0.331 e. The van der Waals surface area contributed by atoms with Gasteiger partial charge in [0, 0.05) is 11.6 Å². The van der Waals surface area contributed by atoms with Crippen LogP contribution in [0.2, 0.25) is 0 Å². The van der Waals surface area contributed by atoms with Gasteiger partial charge in [0.1, 0.15) is 0 Å². The molecule has 0 amide bonds. The van der Waals surface area contributed by atoms with E-state index in [1.165, 1.54) is 0 Å². The summed E-state index contributed by atoms with van der Waals surface area (Å²) in [5, 5.41) is 8.51. The summed E-state index contributed by atoms with van der Waals surface area (Å²) in [5.41, 5.74) is 5.89. The SMILES string of the molecule is C=C(CC(N)CC(C)C)C(=O)O. The second kappa shape index (κ2) is 4.93. The van der Waals surface area contributed by atoms with Crippen molar-refractivity contribution in [3.8, 4) is 0 Å². The third-order valence-corrected chi connectivity index (χ3v) is 1.59. The van der Waals surface area contributed by atoms with E-state index in [2.05, 4.69) is 20.4 Å². The average molecular weight is 171 g/mol. The zero-order valence-electron chi connectivity index (χ0n) is 7.71. The van der Waals surface area contributed by atoms with Crippen molar-refractivity contribution in [3.05, 3.63) is 12.2 Å². The fourth-order valence-corrected chi connectivity index (χ4v) is 1.09. The van der Waals surface area contributed by atoms with E-state index < -0.39 is 5.97 Å². The van der Waals surface area contributed by atoms with Crippen LogP contribution in [0.15, 0.2) is 12.2 Å². The van der Waals surface area contributed by atoms with Crippen LogP contribution in [0.5, 0.6) is 0 Å². The molecular weight excluding hydrogens is 154 g/mol. The highest BCUT2D eigenvalue weighted by molar-refractivity contribution is 5.85. The third kappa shape index (κ3) is 4.91. The Morgan fingerprint density at radius 2 is 2.08 bits per heavy atom. The molecule has 1 unspecified atom stereocenters. The minimum atomic E-state index is -0.950. The maximum absolute atomic E-state index is 10.4. The number of carboxylic acid groups (broad SMARTS) is 1. The molecule has 0 aromatic carbocycles. The van der Waals surface area contributed by atoms with E-state index in [0.29, 0.717) is 12.3 Å². The minimum Gasteiger partial charge on any atom is -0.478 e. The highest BCUT2D eigenvalue weighted by atomic mass is 16.4. The molecule has 0 aromatic rings. The molecule has 0 bridgehead atoms. The van der Waals surface area contributed by atoms with Crippen molar-refractivity contribution < 1.29 is 9.90 Å². The number of carboxylic acids is 1. The van der Waals surface area contributed by atoms with Gasteiger partial charge in [0.15, 0.2) is 0 Å². The van der Waals surface area contributed by atoms with Gasteiger partial charge in [-0.05, 0) is 18.8 Å². The molecule has 3 heteroatoms. The maximum atomic E-state index is 10.4. The summed E-state index contributed by atoms with van der Waals surface area (Å²) in [6.07, 6.45) is 1.22. The van der Waals surface area contributed by atoms with Crippen molar-refractivity contribution >= 4 is 5.97 Å². The summed E-state index contributed by atoms with van der Waals surface area (Å²) in [5.74, 6) is -0.448. The topological polar surface area (TPSA) is 63.3 Å². The summed E-state index contributed by atoms with van der Waals surface area (Å²) < 4.78 is 0. The molecule has 0 aliphatic rings. The molecule has 0 rings (SSSR count). The molecule has 0 saturated heterocycles. The molecule has 70 valence electrons. The number of hydrogen-bond donors (Lipinski definition) is 2. The highest BCUT2D eigenvalue weighted by Crippen LogP contribution is 2.09. The highest BCUT2D eigenvalue weighted by Gasteiger charge is 2.11. The molecule has 3 N–H and O–H groups in total. The van der Waals surface area contributed by atoms with E-state index in [-0.39, 0.29) is 11.6 Å². The van der Waals surface area contributed by atoms with Crippen LogP contribution >= 0.6 is 0 Å². The molecule has 3 nitrogen and oxygen atoms in total. The first-order valence-electron chi connectivity index (χ1n) is 4.10. The molecular formula is C9H17NO2. The summed E-state index contributed by atoms with van der Waals surface area (Å²) in [6.45, 7) is 7.54. The molecule has 0 saturated carbocycles. The Morgan fingerprint density at radius 3 is 2.42 bits per heavy atom. The Kier molecular flexibility index (Phi) is 4.59. The number of hydrogen-bond acceptors (Lipinski definition) is 2. The first kappa shape index (κ1) is 11.2. The normalized spacial score (nSPS) is 13.0. The molecule has 0 heterocycles. The number of carbonyl (C=O) groups is 1. The minimum absolute atomic E-state index is 0.0754. The molecule has 0 aromatic heterocycles. The maximum Gasteiger partial charge on any atom is 0.331 e. The first-order chi connectivity index (χ1) is 5.43. The molecule has 12 heavy (non-hydrogen) atoms. The van der Waals surface area contributed by atoms with Gasteiger partial charge in [-0.25, -0.2) is 4.79 Å². The Hall–Kier alpha value is -0.830. The Morgan fingerprint density at radius 1 is 1.58 bits per heavy atom. The second-order valence-corrected chi connectivity index (χ2v) is 3.50. The summed E-state index contributed by atoms with van der Waals surface area (Å²) in [6, 6.07) is -0.0754. The second-order valence-electron chi connectivity index (χ2n) is 3.50. The van der Waals surface area contributed by atoms with E-state index in [4.69, 9.17) is 10.8 Å². The molecule has 0 spiro atoms. The fraction of sp³-hybridized carbons (Fsp3) is 0.667. The van der Waals surface area contributed by atoms with Crippen molar-refractivity contribution in [2.24, 2.45) is 11.7 Å². The van der Waals surface area contributed by atoms with Crippen LogP contribution in [-0.4, -0.2) is 17.1 Å². The van der Waals surface area contributed by atoms with Crippen LogP contribution in [0.3, 0.4) is 0 Å². The molecule has 1 atom stereocenters. The zero-order valence-corrected chi connectivity index (χ0v) is 7.71. The van der Waals surface area contributed by atoms with E-state index >= 15 is 0 Å². The monoisotopic (exact) mass is 171 g/mol. The van der Waals surface area contributed by atoms with Gasteiger partial charge in [-0.2, -0.15) is 0 Å². The van der Waals surface area contributed by atoms with Gasteiger partial charge >= 0.3 is 5.97 Å². The van der Waals surface area contributed by atoms with Crippen LogP contribution in [0.25, 0.3) is 0 Å². The lowest BCUT2D eigenvalue weighted by molar-refractivity contribution is -0.132. The van der Waals surface area contributed by atoms with Crippen molar-refractivity contribution in [2.75, 3.05) is 0 Å². The Balaban J connectivity index is 3.76. The lowest BCUT2D eigenvalue weighted by atomic mass is 9.99. The predicted molar refractivity (Wildman–Crippen MR) is 48.8 cm³/mol. The number of nitrogens with two attached hydrogens (primary N) is 1. The summed E-state index contributed by atoms with van der Waals surface area (Å²) in [7, 11) is 0. The van der Waals surface area contributed by atoms with Gasteiger partial charge in [0.25, 0.3) is 0 Å². The van der Waals surface area contributed by atoms with E-state index in [9.17, 15) is 4.79 Å². The van der Waals surface area contributed by atoms with E-state index in [1.807, 2.05) is 0 Å². The van der Waals surface area contributed by atoms with Gasteiger partial charge < -0.3 is 10.8 Å². The van der Waals surface area contributed by atoms with Crippen molar-refractivity contribution in [1.82, 2.24) is 0 Å². The van der Waals surface area contributed by atoms with Gasteiger partial charge in [-0.1, -0.05) is 20.4 Å². The van der Waals surface area contributed by atoms with Crippen molar-refractivity contribution in [2.45, 2.75) is 32.7 Å².